The fraction of sp³-hybridized carbons (Fsp3) is 0.357. The van der Waals surface area contributed by atoms with Crippen LogP contribution in [-0.2, 0) is 16.6 Å². The number of hydrogen-bond acceptors (Lipinski definition) is 5. The molecule has 6 nitrogen and oxygen atoms in total. The van der Waals surface area contributed by atoms with Gasteiger partial charge in [0.2, 0.25) is 0 Å². The van der Waals surface area contributed by atoms with Crippen molar-refractivity contribution in [3.63, 3.8) is 0 Å². The third-order valence-electron chi connectivity index (χ3n) is 6.57. The highest BCUT2D eigenvalue weighted by atomic mass is 35.5. The molecule has 1 heterocycles. The number of nitrogens with zero attached hydrogens (tertiary/aromatic N) is 2. The van der Waals surface area contributed by atoms with Crippen molar-refractivity contribution in [2.45, 2.75) is 30.7 Å². The van der Waals surface area contributed by atoms with Crippen molar-refractivity contribution in [1.29, 1.82) is 0 Å². The van der Waals surface area contributed by atoms with Crippen molar-refractivity contribution < 1.29 is 18.3 Å². The van der Waals surface area contributed by atoms with Crippen LogP contribution < -0.4 is 9.04 Å². The SMILES string of the molecule is O=S(=O)(c1ccc(Cl)cc1)N(Cc1ccccc1OCCCN1CCC(CO)CC1)c1ccccc1. The molecule has 1 saturated heterocycles. The normalized spacial score (nSPS) is 15.1. The van der Waals surface area contributed by atoms with Gasteiger partial charge in [-0.2, -0.15) is 0 Å². The average molecular weight is 529 g/mol. The van der Waals surface area contributed by atoms with E-state index in [2.05, 4.69) is 4.90 Å². The lowest BCUT2D eigenvalue weighted by molar-refractivity contribution is 0.126. The van der Waals surface area contributed by atoms with Gasteiger partial charge in [-0.05, 0) is 80.7 Å². The van der Waals surface area contributed by atoms with Crippen LogP contribution in [0.3, 0.4) is 0 Å². The molecule has 0 radical (unpaired) electrons. The summed E-state index contributed by atoms with van der Waals surface area (Å²) >= 11 is 5.99. The zero-order valence-corrected chi connectivity index (χ0v) is 21.9. The van der Waals surface area contributed by atoms with Crippen LogP contribution in [-0.4, -0.2) is 51.3 Å². The molecule has 0 bridgehead atoms. The van der Waals surface area contributed by atoms with Crippen LogP contribution in [0, 0.1) is 5.92 Å². The molecule has 192 valence electrons. The average Bonchev–Trinajstić information content (AvgIpc) is 2.91. The predicted octanol–water partition coefficient (Wildman–Crippen LogP) is 5.21. The van der Waals surface area contributed by atoms with Gasteiger partial charge in [-0.3, -0.25) is 4.31 Å². The second kappa shape index (κ2) is 12.6. The molecule has 0 spiro atoms. The topological polar surface area (TPSA) is 70.1 Å². The first-order chi connectivity index (χ1) is 17.5. The minimum atomic E-state index is -3.84. The molecule has 0 amide bonds. The van der Waals surface area contributed by atoms with E-state index >= 15 is 0 Å². The third kappa shape index (κ3) is 6.79. The van der Waals surface area contributed by atoms with Crippen molar-refractivity contribution in [2.75, 3.05) is 37.2 Å². The number of ether oxygens (including phenoxy) is 1. The van der Waals surface area contributed by atoms with Crippen LogP contribution in [0.2, 0.25) is 5.02 Å². The predicted molar refractivity (Wildman–Crippen MR) is 144 cm³/mol. The van der Waals surface area contributed by atoms with Crippen molar-refractivity contribution in [3.05, 3.63) is 89.4 Å². The summed E-state index contributed by atoms with van der Waals surface area (Å²) in [6, 6.07) is 22.9. The van der Waals surface area contributed by atoms with Crippen LogP contribution in [0.5, 0.6) is 5.75 Å². The lowest BCUT2D eigenvalue weighted by Gasteiger charge is -2.31. The first-order valence-electron chi connectivity index (χ1n) is 12.3. The number of halogens is 1. The molecule has 3 aromatic rings. The third-order valence-corrected chi connectivity index (χ3v) is 8.61. The minimum Gasteiger partial charge on any atom is -0.493 e. The Hall–Kier alpha value is -2.58. The van der Waals surface area contributed by atoms with Gasteiger partial charge < -0.3 is 14.7 Å². The molecule has 0 saturated carbocycles. The summed E-state index contributed by atoms with van der Waals surface area (Å²) in [6.45, 7) is 3.93. The summed E-state index contributed by atoms with van der Waals surface area (Å²) in [5.74, 6) is 1.12. The molecule has 0 unspecified atom stereocenters. The van der Waals surface area contributed by atoms with Gasteiger partial charge in [0.05, 0.1) is 23.7 Å². The lowest BCUT2D eigenvalue weighted by atomic mass is 9.98. The smallest absolute Gasteiger partial charge is 0.264 e. The van der Waals surface area contributed by atoms with E-state index < -0.39 is 10.0 Å². The van der Waals surface area contributed by atoms with E-state index in [1.165, 1.54) is 16.4 Å². The van der Waals surface area contributed by atoms with Crippen molar-refractivity contribution in [1.82, 2.24) is 4.90 Å². The highest BCUT2D eigenvalue weighted by Gasteiger charge is 2.26. The zero-order valence-electron chi connectivity index (χ0n) is 20.3. The van der Waals surface area contributed by atoms with E-state index in [1.54, 1.807) is 24.3 Å². The number of likely N-dealkylation sites (tertiary alicyclic amines) is 1. The Morgan fingerprint density at radius 1 is 0.944 bits per heavy atom. The van der Waals surface area contributed by atoms with Gasteiger partial charge in [-0.15, -0.1) is 0 Å². The Kier molecular flexibility index (Phi) is 9.26. The second-order valence-electron chi connectivity index (χ2n) is 9.08. The minimum absolute atomic E-state index is 0.139. The fourth-order valence-corrected chi connectivity index (χ4v) is 6.00. The lowest BCUT2D eigenvalue weighted by Crippen LogP contribution is -2.35. The number of piperidine rings is 1. The van der Waals surface area contributed by atoms with E-state index in [9.17, 15) is 13.5 Å². The van der Waals surface area contributed by atoms with Crippen molar-refractivity contribution in [3.8, 4) is 5.75 Å². The quantitative estimate of drug-likeness (QED) is 0.346. The Labute approximate surface area is 219 Å². The summed E-state index contributed by atoms with van der Waals surface area (Å²) in [5.41, 5.74) is 1.37. The molecule has 1 N–H and O–H groups in total. The zero-order chi connectivity index (χ0) is 25.4. The van der Waals surface area contributed by atoms with E-state index in [0.29, 0.717) is 29.0 Å². The number of anilines is 1. The fourth-order valence-electron chi connectivity index (χ4n) is 4.44. The summed E-state index contributed by atoms with van der Waals surface area (Å²) in [4.78, 5) is 2.59. The van der Waals surface area contributed by atoms with Crippen molar-refractivity contribution in [2.24, 2.45) is 5.92 Å². The Morgan fingerprint density at radius 3 is 2.31 bits per heavy atom. The Bertz CT molecular complexity index is 1200. The number of aliphatic hydroxyl groups excluding tert-OH is 1. The first-order valence-corrected chi connectivity index (χ1v) is 14.2. The maximum atomic E-state index is 13.7. The van der Waals surface area contributed by atoms with Crippen molar-refractivity contribution >= 4 is 27.3 Å². The number of rotatable bonds is 11. The molecular weight excluding hydrogens is 496 g/mol. The summed E-state index contributed by atoms with van der Waals surface area (Å²) in [6.07, 6.45) is 2.96. The molecular formula is C28H33ClN2O4S. The molecule has 4 rings (SSSR count). The van der Waals surface area contributed by atoms with Gasteiger partial charge in [0.15, 0.2) is 0 Å². The molecule has 0 aliphatic carbocycles. The van der Waals surface area contributed by atoms with Crippen LogP contribution >= 0.6 is 11.6 Å². The van der Waals surface area contributed by atoms with Gasteiger partial charge >= 0.3 is 0 Å². The maximum Gasteiger partial charge on any atom is 0.264 e. The molecule has 3 aromatic carbocycles. The summed E-state index contributed by atoms with van der Waals surface area (Å²) in [5, 5.41) is 9.80. The van der Waals surface area contributed by atoms with Gasteiger partial charge in [0.25, 0.3) is 10.0 Å². The number of hydrogen-bond donors (Lipinski definition) is 1. The van der Waals surface area contributed by atoms with E-state index in [0.717, 1.165) is 44.5 Å². The monoisotopic (exact) mass is 528 g/mol. The number of benzene rings is 3. The molecule has 0 aromatic heterocycles. The maximum absolute atomic E-state index is 13.7. The molecule has 1 aliphatic rings. The van der Waals surface area contributed by atoms with Gasteiger partial charge in [0.1, 0.15) is 5.75 Å². The van der Waals surface area contributed by atoms with E-state index in [1.807, 2.05) is 42.5 Å². The Morgan fingerprint density at radius 2 is 1.61 bits per heavy atom. The number of para-hydroxylation sites is 2. The summed E-state index contributed by atoms with van der Waals surface area (Å²) in [7, 11) is -3.84. The highest BCUT2D eigenvalue weighted by molar-refractivity contribution is 7.92. The molecule has 36 heavy (non-hydrogen) atoms. The highest BCUT2D eigenvalue weighted by Crippen LogP contribution is 2.29. The summed E-state index contributed by atoms with van der Waals surface area (Å²) < 4.78 is 34.9. The number of sulfonamides is 1. The van der Waals surface area contributed by atoms with Crippen LogP contribution in [0.1, 0.15) is 24.8 Å². The molecule has 8 heteroatoms. The van der Waals surface area contributed by atoms with Crippen LogP contribution in [0.4, 0.5) is 5.69 Å². The second-order valence-corrected chi connectivity index (χ2v) is 11.4. The van der Waals surface area contributed by atoms with E-state index in [-0.39, 0.29) is 18.0 Å². The molecule has 1 fully saturated rings. The van der Waals surface area contributed by atoms with Gasteiger partial charge in [-0.1, -0.05) is 48.0 Å². The van der Waals surface area contributed by atoms with Crippen LogP contribution in [0.15, 0.2) is 83.8 Å². The molecule has 0 atom stereocenters. The van der Waals surface area contributed by atoms with Crippen LogP contribution in [0.25, 0.3) is 0 Å². The Balaban J connectivity index is 1.46. The van der Waals surface area contributed by atoms with Gasteiger partial charge in [0, 0.05) is 23.7 Å². The first kappa shape index (κ1) is 26.5. The standard InChI is InChI=1S/C28H33ClN2O4S/c29-25-11-13-27(14-12-25)36(33,34)31(26-8-2-1-3-9-26)21-24-7-4-5-10-28(24)35-20-6-17-30-18-15-23(22-32)16-19-30/h1-5,7-14,23,32H,6,15-22H2. The van der Waals surface area contributed by atoms with Gasteiger partial charge in [-0.25, -0.2) is 8.42 Å². The largest absolute Gasteiger partial charge is 0.493 e. The number of aliphatic hydroxyl groups is 1. The van der Waals surface area contributed by atoms with E-state index in [4.69, 9.17) is 16.3 Å². The molecule has 1 aliphatic heterocycles.